The number of anilines is 1. The summed E-state index contributed by atoms with van der Waals surface area (Å²) in [5, 5.41) is 8.93. The minimum Gasteiger partial charge on any atom is -0.497 e. The van der Waals surface area contributed by atoms with Crippen molar-refractivity contribution < 1.29 is 38.5 Å². The molecule has 2 aromatic carbocycles. The van der Waals surface area contributed by atoms with E-state index in [1.807, 2.05) is 0 Å². The summed E-state index contributed by atoms with van der Waals surface area (Å²) in [6.45, 7) is 0.0679. The first-order valence-corrected chi connectivity index (χ1v) is 10.7. The SMILES string of the molecule is COc1ccc(N2C(=O)C[C@H](N(CCc3ccc(OC)c(OC)c3)C(=O)/C=C/C(=O)O)C2=O)cc1. The quantitative estimate of drug-likeness (QED) is 0.403. The van der Waals surface area contributed by atoms with Crippen LogP contribution in [0.1, 0.15) is 12.0 Å². The lowest BCUT2D eigenvalue weighted by Crippen LogP contribution is -2.46. The molecule has 0 unspecified atom stereocenters. The molecule has 0 radical (unpaired) electrons. The second kappa shape index (κ2) is 11.2. The number of amides is 3. The van der Waals surface area contributed by atoms with E-state index in [0.29, 0.717) is 35.4 Å². The molecule has 3 rings (SSSR count). The number of carbonyl (C=O) groups excluding carboxylic acids is 3. The van der Waals surface area contributed by atoms with E-state index in [9.17, 15) is 19.2 Å². The van der Waals surface area contributed by atoms with Crippen LogP contribution in [0.2, 0.25) is 0 Å². The molecule has 0 aliphatic carbocycles. The lowest BCUT2D eigenvalue weighted by Gasteiger charge is -2.27. The second-order valence-corrected chi connectivity index (χ2v) is 7.63. The molecule has 1 atom stereocenters. The lowest BCUT2D eigenvalue weighted by atomic mass is 10.1. The van der Waals surface area contributed by atoms with Crippen LogP contribution in [0.5, 0.6) is 17.2 Å². The Bertz CT molecular complexity index is 1140. The van der Waals surface area contributed by atoms with Crippen LogP contribution >= 0.6 is 0 Å². The summed E-state index contributed by atoms with van der Waals surface area (Å²) in [7, 11) is 4.53. The largest absolute Gasteiger partial charge is 0.497 e. The fourth-order valence-electron chi connectivity index (χ4n) is 3.81. The monoisotopic (exact) mass is 482 g/mol. The van der Waals surface area contributed by atoms with Crippen LogP contribution in [0.25, 0.3) is 0 Å². The van der Waals surface area contributed by atoms with Crippen LogP contribution in [0.15, 0.2) is 54.6 Å². The summed E-state index contributed by atoms with van der Waals surface area (Å²) >= 11 is 0. The highest BCUT2D eigenvalue weighted by molar-refractivity contribution is 6.23. The molecule has 1 aliphatic rings. The van der Waals surface area contributed by atoms with Crippen LogP contribution in [-0.2, 0) is 25.6 Å². The molecule has 1 N–H and O–H groups in total. The molecular formula is C25H26N2O8. The Kier molecular flexibility index (Phi) is 8.08. The number of carboxylic acids is 1. The van der Waals surface area contributed by atoms with Crippen molar-refractivity contribution in [2.75, 3.05) is 32.8 Å². The highest BCUT2D eigenvalue weighted by Gasteiger charge is 2.44. The number of rotatable bonds is 10. The van der Waals surface area contributed by atoms with Gasteiger partial charge in [0.25, 0.3) is 5.91 Å². The van der Waals surface area contributed by atoms with Crippen molar-refractivity contribution in [1.82, 2.24) is 4.90 Å². The molecule has 2 aromatic rings. The van der Waals surface area contributed by atoms with E-state index in [1.165, 1.54) is 26.2 Å². The van der Waals surface area contributed by atoms with Crippen LogP contribution in [0.3, 0.4) is 0 Å². The van der Waals surface area contributed by atoms with Crippen LogP contribution in [-0.4, -0.2) is 67.6 Å². The Labute approximate surface area is 202 Å². The van der Waals surface area contributed by atoms with Gasteiger partial charge in [0.2, 0.25) is 11.8 Å². The second-order valence-electron chi connectivity index (χ2n) is 7.63. The van der Waals surface area contributed by atoms with Crippen molar-refractivity contribution in [2.24, 2.45) is 0 Å². The van der Waals surface area contributed by atoms with Crippen molar-refractivity contribution in [3.63, 3.8) is 0 Å². The standard InChI is InChI=1S/C25H26N2O8/c1-33-18-7-5-17(6-8-18)27-23(29)15-19(25(27)32)26(22(28)10-11-24(30)31)13-12-16-4-9-20(34-2)21(14-16)35-3/h4-11,14,19H,12-13,15H2,1-3H3,(H,30,31)/b11-10+/t19-/m0/s1. The molecule has 1 saturated heterocycles. The Balaban J connectivity index is 1.86. The van der Waals surface area contributed by atoms with E-state index in [1.54, 1.807) is 42.5 Å². The zero-order valence-electron chi connectivity index (χ0n) is 19.6. The average molecular weight is 482 g/mol. The van der Waals surface area contributed by atoms with Gasteiger partial charge in [-0.3, -0.25) is 14.4 Å². The van der Waals surface area contributed by atoms with Crippen molar-refractivity contribution in [3.8, 4) is 17.2 Å². The minimum atomic E-state index is -1.30. The predicted octanol–water partition coefficient (Wildman–Crippen LogP) is 2.06. The maximum absolute atomic E-state index is 13.3. The van der Waals surface area contributed by atoms with Crippen LogP contribution in [0, 0.1) is 0 Å². The van der Waals surface area contributed by atoms with Gasteiger partial charge in [-0.1, -0.05) is 6.07 Å². The third kappa shape index (κ3) is 5.78. The van der Waals surface area contributed by atoms with Gasteiger partial charge in [-0.2, -0.15) is 0 Å². The van der Waals surface area contributed by atoms with E-state index in [2.05, 4.69) is 0 Å². The maximum Gasteiger partial charge on any atom is 0.328 e. The fraction of sp³-hybridized carbons (Fsp3) is 0.280. The molecule has 1 aliphatic heterocycles. The average Bonchev–Trinajstić information content (AvgIpc) is 3.15. The molecule has 35 heavy (non-hydrogen) atoms. The Morgan fingerprint density at radius 3 is 2.29 bits per heavy atom. The number of ether oxygens (including phenoxy) is 3. The van der Waals surface area contributed by atoms with Crippen molar-refractivity contribution >= 4 is 29.4 Å². The first kappa shape index (κ1) is 25.3. The number of nitrogens with zero attached hydrogens (tertiary/aromatic N) is 2. The number of methoxy groups -OCH3 is 3. The van der Waals surface area contributed by atoms with Crippen molar-refractivity contribution in [1.29, 1.82) is 0 Å². The summed E-state index contributed by atoms with van der Waals surface area (Å²) in [6.07, 6.45) is 1.69. The van der Waals surface area contributed by atoms with E-state index >= 15 is 0 Å². The van der Waals surface area contributed by atoms with Crippen molar-refractivity contribution in [2.45, 2.75) is 18.9 Å². The summed E-state index contributed by atoms with van der Waals surface area (Å²) in [6, 6.07) is 10.6. The first-order chi connectivity index (χ1) is 16.8. The molecule has 0 saturated carbocycles. The molecular weight excluding hydrogens is 456 g/mol. The van der Waals surface area contributed by atoms with Gasteiger partial charge in [0.05, 0.1) is 33.4 Å². The Hall–Kier alpha value is -4.34. The van der Waals surface area contributed by atoms with E-state index < -0.39 is 29.7 Å². The Morgan fingerprint density at radius 1 is 1.00 bits per heavy atom. The minimum absolute atomic E-state index is 0.0679. The number of hydrogen-bond acceptors (Lipinski definition) is 7. The number of hydrogen-bond donors (Lipinski definition) is 1. The van der Waals surface area contributed by atoms with Crippen LogP contribution < -0.4 is 19.1 Å². The Morgan fingerprint density at radius 2 is 1.69 bits per heavy atom. The van der Waals surface area contributed by atoms with E-state index in [4.69, 9.17) is 19.3 Å². The maximum atomic E-state index is 13.3. The summed E-state index contributed by atoms with van der Waals surface area (Å²) in [4.78, 5) is 52.1. The van der Waals surface area contributed by atoms with Gasteiger partial charge >= 0.3 is 5.97 Å². The van der Waals surface area contributed by atoms with E-state index in [-0.39, 0.29) is 13.0 Å². The summed E-state index contributed by atoms with van der Waals surface area (Å²) in [5.41, 5.74) is 1.16. The summed E-state index contributed by atoms with van der Waals surface area (Å²) in [5.74, 6) is -1.40. The topological polar surface area (TPSA) is 123 Å². The van der Waals surface area contributed by atoms with Crippen LogP contribution in [0.4, 0.5) is 5.69 Å². The molecule has 1 fully saturated rings. The molecule has 1 heterocycles. The lowest BCUT2D eigenvalue weighted by molar-refractivity contribution is -0.135. The van der Waals surface area contributed by atoms with Gasteiger partial charge < -0.3 is 24.2 Å². The van der Waals surface area contributed by atoms with Gasteiger partial charge in [0.15, 0.2) is 11.5 Å². The number of carboxylic acid groups (broad SMARTS) is 1. The van der Waals surface area contributed by atoms with E-state index in [0.717, 1.165) is 16.5 Å². The first-order valence-electron chi connectivity index (χ1n) is 10.7. The molecule has 3 amide bonds. The van der Waals surface area contributed by atoms with Gasteiger partial charge in [-0.05, 0) is 48.4 Å². The highest BCUT2D eigenvalue weighted by Crippen LogP contribution is 2.30. The molecule has 184 valence electrons. The third-order valence-electron chi connectivity index (χ3n) is 5.57. The molecule has 0 aromatic heterocycles. The molecule has 0 bridgehead atoms. The number of aliphatic carboxylic acids is 1. The van der Waals surface area contributed by atoms with Gasteiger partial charge in [0, 0.05) is 18.7 Å². The number of benzene rings is 2. The predicted molar refractivity (Wildman–Crippen MR) is 126 cm³/mol. The van der Waals surface area contributed by atoms with Gasteiger partial charge in [-0.25, -0.2) is 9.69 Å². The zero-order valence-corrected chi connectivity index (χ0v) is 19.6. The van der Waals surface area contributed by atoms with Gasteiger partial charge in [0.1, 0.15) is 11.8 Å². The fourth-order valence-corrected chi connectivity index (χ4v) is 3.81. The van der Waals surface area contributed by atoms with Gasteiger partial charge in [-0.15, -0.1) is 0 Å². The number of carbonyl (C=O) groups is 4. The molecule has 10 nitrogen and oxygen atoms in total. The van der Waals surface area contributed by atoms with Crippen molar-refractivity contribution in [3.05, 3.63) is 60.2 Å². The highest BCUT2D eigenvalue weighted by atomic mass is 16.5. The normalized spacial score (nSPS) is 15.4. The molecule has 0 spiro atoms. The third-order valence-corrected chi connectivity index (χ3v) is 5.57. The number of imide groups is 1. The summed E-state index contributed by atoms with van der Waals surface area (Å²) < 4.78 is 15.7. The smallest absolute Gasteiger partial charge is 0.328 e. The molecule has 10 heteroatoms. The zero-order chi connectivity index (χ0) is 25.5.